The summed E-state index contributed by atoms with van der Waals surface area (Å²) in [4.78, 5) is 13.1. The Labute approximate surface area is 81.6 Å². The van der Waals surface area contributed by atoms with Gasteiger partial charge in [0.25, 0.3) is 0 Å². The van der Waals surface area contributed by atoms with E-state index >= 15 is 0 Å². The van der Waals surface area contributed by atoms with Crippen molar-refractivity contribution in [3.63, 3.8) is 0 Å². The molecular formula is C11H21NO. The minimum atomic E-state index is 0.241. The van der Waals surface area contributed by atoms with E-state index in [4.69, 9.17) is 0 Å². The number of hydrogen-bond donors (Lipinski definition) is 0. The Morgan fingerprint density at radius 1 is 1.23 bits per heavy atom. The van der Waals surface area contributed by atoms with E-state index in [2.05, 4.69) is 6.92 Å². The molecule has 0 bridgehead atoms. The van der Waals surface area contributed by atoms with Gasteiger partial charge in [0, 0.05) is 26.7 Å². The molecule has 13 heavy (non-hydrogen) atoms. The molecule has 76 valence electrons. The summed E-state index contributed by atoms with van der Waals surface area (Å²) in [6.07, 6.45) is 8.84. The maximum Gasteiger partial charge on any atom is 0.157 e. The van der Waals surface area contributed by atoms with Gasteiger partial charge < -0.3 is 4.90 Å². The predicted octanol–water partition coefficient (Wildman–Crippen LogP) is 2.60. The third kappa shape index (κ3) is 9.12. The van der Waals surface area contributed by atoms with Crippen LogP contribution in [0.25, 0.3) is 0 Å². The minimum absolute atomic E-state index is 0.241. The molecule has 2 nitrogen and oxygen atoms in total. The number of rotatable bonds is 7. The number of ketones is 1. The highest BCUT2D eigenvalue weighted by Gasteiger charge is 1.95. The molecule has 0 radical (unpaired) electrons. The molecule has 0 saturated carbocycles. The van der Waals surface area contributed by atoms with Crippen LogP contribution in [0.1, 0.15) is 39.0 Å². The summed E-state index contributed by atoms with van der Waals surface area (Å²) in [6.45, 7) is 2.17. The summed E-state index contributed by atoms with van der Waals surface area (Å²) < 4.78 is 0. The fourth-order valence-electron chi connectivity index (χ4n) is 1.04. The number of carbonyl (C=O) groups is 1. The molecule has 0 aromatic carbocycles. The molecule has 0 saturated heterocycles. The largest absolute Gasteiger partial charge is 0.383 e. The van der Waals surface area contributed by atoms with Crippen molar-refractivity contribution in [1.82, 2.24) is 4.90 Å². The van der Waals surface area contributed by atoms with Crippen LogP contribution in [0.2, 0.25) is 0 Å². The predicted molar refractivity (Wildman–Crippen MR) is 56.6 cm³/mol. The quantitative estimate of drug-likeness (QED) is 0.446. The average molecular weight is 183 g/mol. The highest BCUT2D eigenvalue weighted by molar-refractivity contribution is 5.89. The number of unbranched alkanes of at least 4 members (excludes halogenated alkanes) is 3. The van der Waals surface area contributed by atoms with Gasteiger partial charge in [-0.2, -0.15) is 0 Å². The second-order valence-corrected chi connectivity index (χ2v) is 3.56. The minimum Gasteiger partial charge on any atom is -0.383 e. The molecule has 0 aliphatic rings. The van der Waals surface area contributed by atoms with Gasteiger partial charge in [-0.1, -0.05) is 26.2 Å². The Morgan fingerprint density at radius 2 is 1.92 bits per heavy atom. The molecule has 0 atom stereocenters. The number of nitrogens with zero attached hydrogens (tertiary/aromatic N) is 1. The van der Waals surface area contributed by atoms with Crippen LogP contribution in [0.15, 0.2) is 12.3 Å². The lowest BCUT2D eigenvalue weighted by Gasteiger charge is -2.02. The molecule has 0 aromatic rings. The molecule has 0 amide bonds. The summed E-state index contributed by atoms with van der Waals surface area (Å²) in [5, 5.41) is 0. The molecule has 0 spiro atoms. The van der Waals surface area contributed by atoms with Crippen molar-refractivity contribution in [1.29, 1.82) is 0 Å². The van der Waals surface area contributed by atoms with E-state index in [1.54, 1.807) is 6.08 Å². The summed E-state index contributed by atoms with van der Waals surface area (Å²) in [5.41, 5.74) is 0. The third-order valence-electron chi connectivity index (χ3n) is 1.84. The van der Waals surface area contributed by atoms with Crippen LogP contribution in [0, 0.1) is 0 Å². The Kier molecular flexibility index (Phi) is 7.36. The fraction of sp³-hybridized carbons (Fsp3) is 0.727. The Bertz CT molecular complexity index is 161. The van der Waals surface area contributed by atoms with E-state index in [-0.39, 0.29) is 5.78 Å². The van der Waals surface area contributed by atoms with Crippen LogP contribution in [0.4, 0.5) is 0 Å². The molecule has 0 unspecified atom stereocenters. The number of hydrogen-bond acceptors (Lipinski definition) is 2. The van der Waals surface area contributed by atoms with Crippen LogP contribution in [-0.2, 0) is 4.79 Å². The summed E-state index contributed by atoms with van der Waals surface area (Å²) in [6, 6.07) is 0. The summed E-state index contributed by atoms with van der Waals surface area (Å²) in [5.74, 6) is 0.241. The zero-order valence-electron chi connectivity index (χ0n) is 9.05. The maximum atomic E-state index is 11.2. The van der Waals surface area contributed by atoms with Gasteiger partial charge in [-0.25, -0.2) is 0 Å². The first-order valence-electron chi connectivity index (χ1n) is 5.04. The Hall–Kier alpha value is -0.790. The molecule has 0 aliphatic carbocycles. The molecular weight excluding hydrogens is 162 g/mol. The molecule has 0 rings (SSSR count). The van der Waals surface area contributed by atoms with Crippen molar-refractivity contribution in [3.8, 4) is 0 Å². The van der Waals surface area contributed by atoms with Crippen molar-refractivity contribution in [2.75, 3.05) is 14.1 Å². The maximum absolute atomic E-state index is 11.2. The Morgan fingerprint density at radius 3 is 2.46 bits per heavy atom. The molecule has 0 fully saturated rings. The third-order valence-corrected chi connectivity index (χ3v) is 1.84. The van der Waals surface area contributed by atoms with Gasteiger partial charge in [0.1, 0.15) is 0 Å². The van der Waals surface area contributed by atoms with E-state index in [1.165, 1.54) is 19.3 Å². The van der Waals surface area contributed by atoms with Crippen molar-refractivity contribution in [2.45, 2.75) is 39.0 Å². The topological polar surface area (TPSA) is 20.3 Å². The number of allylic oxidation sites excluding steroid dienone is 1. The lowest BCUT2D eigenvalue weighted by molar-refractivity contribution is -0.114. The van der Waals surface area contributed by atoms with Crippen molar-refractivity contribution in [3.05, 3.63) is 12.3 Å². The van der Waals surface area contributed by atoms with Crippen LogP contribution in [-0.4, -0.2) is 24.8 Å². The van der Waals surface area contributed by atoms with Gasteiger partial charge in [-0.05, 0) is 12.5 Å². The van der Waals surface area contributed by atoms with Gasteiger partial charge in [0.2, 0.25) is 0 Å². The van der Waals surface area contributed by atoms with Gasteiger partial charge in [-0.3, -0.25) is 4.79 Å². The highest BCUT2D eigenvalue weighted by Crippen LogP contribution is 2.03. The second kappa shape index (κ2) is 7.84. The average Bonchev–Trinajstić information content (AvgIpc) is 2.09. The number of carbonyl (C=O) groups excluding carboxylic acids is 1. The second-order valence-electron chi connectivity index (χ2n) is 3.56. The van der Waals surface area contributed by atoms with Crippen molar-refractivity contribution < 1.29 is 4.79 Å². The smallest absolute Gasteiger partial charge is 0.157 e. The zero-order chi connectivity index (χ0) is 10.1. The molecule has 0 N–H and O–H groups in total. The molecule has 0 aromatic heterocycles. The molecule has 0 aliphatic heterocycles. The standard InChI is InChI=1S/C11H21NO/c1-4-5-6-7-8-11(13)9-10-12(2)3/h9-10H,4-8H2,1-3H3/b10-9+. The van der Waals surface area contributed by atoms with E-state index < -0.39 is 0 Å². The summed E-state index contributed by atoms with van der Waals surface area (Å²) >= 11 is 0. The summed E-state index contributed by atoms with van der Waals surface area (Å²) in [7, 11) is 3.84. The van der Waals surface area contributed by atoms with E-state index in [9.17, 15) is 4.79 Å². The molecule has 2 heteroatoms. The first-order valence-corrected chi connectivity index (χ1v) is 5.04. The first-order chi connectivity index (χ1) is 6.16. The Balaban J connectivity index is 3.41. The lowest BCUT2D eigenvalue weighted by atomic mass is 10.1. The normalized spacial score (nSPS) is 10.7. The van der Waals surface area contributed by atoms with Crippen LogP contribution >= 0.6 is 0 Å². The van der Waals surface area contributed by atoms with Gasteiger partial charge in [-0.15, -0.1) is 0 Å². The van der Waals surface area contributed by atoms with E-state index in [0.29, 0.717) is 6.42 Å². The monoisotopic (exact) mass is 183 g/mol. The molecule has 0 heterocycles. The van der Waals surface area contributed by atoms with Crippen molar-refractivity contribution >= 4 is 5.78 Å². The van der Waals surface area contributed by atoms with Crippen LogP contribution in [0.3, 0.4) is 0 Å². The van der Waals surface area contributed by atoms with Gasteiger partial charge >= 0.3 is 0 Å². The van der Waals surface area contributed by atoms with Crippen molar-refractivity contribution in [2.24, 2.45) is 0 Å². The lowest BCUT2D eigenvalue weighted by Crippen LogP contribution is -2.02. The fourth-order valence-corrected chi connectivity index (χ4v) is 1.04. The van der Waals surface area contributed by atoms with E-state index in [0.717, 1.165) is 6.42 Å². The SMILES string of the molecule is CCCCCCC(=O)/C=C/N(C)C. The van der Waals surface area contributed by atoms with Crippen LogP contribution in [0.5, 0.6) is 0 Å². The van der Waals surface area contributed by atoms with E-state index in [1.807, 2.05) is 25.2 Å². The highest BCUT2D eigenvalue weighted by atomic mass is 16.1. The van der Waals surface area contributed by atoms with Gasteiger partial charge in [0.15, 0.2) is 5.78 Å². The van der Waals surface area contributed by atoms with Crippen LogP contribution < -0.4 is 0 Å². The van der Waals surface area contributed by atoms with Gasteiger partial charge in [0.05, 0.1) is 0 Å². The first kappa shape index (κ1) is 12.2. The zero-order valence-corrected chi connectivity index (χ0v) is 9.05.